The van der Waals surface area contributed by atoms with Crippen molar-refractivity contribution in [3.8, 4) is 0 Å². The fourth-order valence-corrected chi connectivity index (χ4v) is 2.61. The molecular weight excluding hydrogens is 356 g/mol. The molecule has 150 valence electrons. The maximum atomic E-state index is 12.8. The molecule has 0 rings (SSSR count). The topological polar surface area (TPSA) is 81.2 Å². The Balaban J connectivity index is 5.28. The fraction of sp³-hybridized carbons (Fsp3) is 0.765. The molecule has 4 unspecified atom stereocenters. The molecule has 0 spiro atoms. The second-order valence-electron chi connectivity index (χ2n) is 6.74. The predicted octanol–water partition coefficient (Wildman–Crippen LogP) is -0.414. The Morgan fingerprint density at radius 3 is 1.65 bits per heavy atom. The average Bonchev–Trinajstić information content (AvgIpc) is 2.63. The quantitative estimate of drug-likeness (QED) is 0.429. The summed E-state index contributed by atoms with van der Waals surface area (Å²) in [5.74, 6) is -0.829. The summed E-state index contributed by atoms with van der Waals surface area (Å²) in [5.41, 5.74) is 0. The molecule has 0 saturated carbocycles. The summed E-state index contributed by atoms with van der Waals surface area (Å²) in [5, 5.41) is 0. The molecule has 0 fully saturated rings. The summed E-state index contributed by atoms with van der Waals surface area (Å²) < 4.78 is 0. The first-order chi connectivity index (χ1) is 11.9. The van der Waals surface area contributed by atoms with E-state index in [1.807, 2.05) is 0 Å². The summed E-state index contributed by atoms with van der Waals surface area (Å²) in [4.78, 5) is 54.4. The Kier molecular flexibility index (Phi) is 9.87. The molecule has 0 N–H and O–H groups in total. The lowest BCUT2D eigenvalue weighted by Gasteiger charge is -2.35. The first-order valence-corrected chi connectivity index (χ1v) is 9.08. The largest absolute Gasteiger partial charge is 0.334 e. The number of carbonyl (C=O) groups excluding carboxylic acids is 4. The summed E-state index contributed by atoms with van der Waals surface area (Å²) in [6.07, 6.45) is 0.660. The molecule has 0 aromatic rings. The normalized spacial score (nSPS) is 15.6. The van der Waals surface area contributed by atoms with E-state index in [-0.39, 0.29) is 29.5 Å². The number of thiol groups is 1. The lowest BCUT2D eigenvalue weighted by Crippen LogP contribution is -2.57. The Morgan fingerprint density at radius 1 is 0.808 bits per heavy atom. The van der Waals surface area contributed by atoms with Crippen LogP contribution in [0.5, 0.6) is 0 Å². The Hall–Kier alpha value is -1.61. The van der Waals surface area contributed by atoms with Crippen molar-refractivity contribution in [1.29, 1.82) is 0 Å². The van der Waals surface area contributed by atoms with E-state index in [4.69, 9.17) is 0 Å². The predicted molar refractivity (Wildman–Crippen MR) is 104 cm³/mol. The van der Waals surface area contributed by atoms with Crippen LogP contribution in [0.1, 0.15) is 20.8 Å². The van der Waals surface area contributed by atoms with Crippen molar-refractivity contribution < 1.29 is 19.2 Å². The van der Waals surface area contributed by atoms with Gasteiger partial charge in [-0.3, -0.25) is 19.3 Å². The third-order valence-corrected chi connectivity index (χ3v) is 5.19. The van der Waals surface area contributed by atoms with Gasteiger partial charge in [0.15, 0.2) is 0 Å². The maximum absolute atomic E-state index is 12.8. The highest BCUT2D eigenvalue weighted by atomic mass is 32.1. The van der Waals surface area contributed by atoms with Gasteiger partial charge in [-0.05, 0) is 34.9 Å². The van der Waals surface area contributed by atoms with Gasteiger partial charge in [-0.15, -0.1) is 0 Å². The number of aldehydes is 1. The Bertz CT molecular complexity index is 529. The number of rotatable bonds is 9. The van der Waals surface area contributed by atoms with E-state index in [1.165, 1.54) is 28.8 Å². The zero-order valence-electron chi connectivity index (χ0n) is 17.0. The van der Waals surface area contributed by atoms with Crippen LogP contribution in [0.15, 0.2) is 0 Å². The van der Waals surface area contributed by atoms with Crippen LogP contribution in [0.3, 0.4) is 0 Å². The number of likely N-dealkylation sites (N-methyl/N-ethyl adjacent to an activating group) is 4. The van der Waals surface area contributed by atoms with Gasteiger partial charge in [0, 0.05) is 26.9 Å². The number of nitrogens with zero attached hydrogens (tertiary/aromatic N) is 4. The van der Waals surface area contributed by atoms with Crippen LogP contribution in [0.25, 0.3) is 0 Å². The fourth-order valence-electron chi connectivity index (χ4n) is 2.21. The van der Waals surface area contributed by atoms with E-state index in [0.29, 0.717) is 6.29 Å². The smallest absolute Gasteiger partial charge is 0.246 e. The molecule has 0 bridgehead atoms. The van der Waals surface area contributed by atoms with Crippen molar-refractivity contribution in [2.45, 2.75) is 44.9 Å². The summed E-state index contributed by atoms with van der Waals surface area (Å²) in [7, 11) is 8.15. The van der Waals surface area contributed by atoms with Gasteiger partial charge in [0.1, 0.15) is 18.4 Å². The van der Waals surface area contributed by atoms with Crippen LogP contribution in [0.2, 0.25) is 0 Å². The van der Waals surface area contributed by atoms with Crippen molar-refractivity contribution in [1.82, 2.24) is 19.6 Å². The standard InChI is InChI=1S/C17H32N4O4S/c1-11(9-22)19(6)17(25)14(10-26)21(8)16(24)13(3)20(7)15(23)12(2)18(4)5/h9,11-14,26H,10H2,1-8H3. The van der Waals surface area contributed by atoms with Gasteiger partial charge < -0.3 is 19.5 Å². The van der Waals surface area contributed by atoms with Crippen LogP contribution in [-0.4, -0.2) is 109 Å². The van der Waals surface area contributed by atoms with Gasteiger partial charge in [-0.1, -0.05) is 0 Å². The Labute approximate surface area is 161 Å². The first-order valence-electron chi connectivity index (χ1n) is 8.44. The molecule has 26 heavy (non-hydrogen) atoms. The SMILES string of the molecule is CC(C(=O)N(C)C(C)C(=O)N(C)C(CS)C(=O)N(C)C(C)C=O)N(C)C. The highest BCUT2D eigenvalue weighted by molar-refractivity contribution is 7.80. The van der Waals surface area contributed by atoms with E-state index in [2.05, 4.69) is 12.6 Å². The summed E-state index contributed by atoms with van der Waals surface area (Å²) in [6.45, 7) is 4.98. The molecule has 0 aliphatic carbocycles. The minimum atomic E-state index is -0.824. The van der Waals surface area contributed by atoms with Gasteiger partial charge in [-0.25, -0.2) is 0 Å². The van der Waals surface area contributed by atoms with Crippen molar-refractivity contribution in [2.24, 2.45) is 0 Å². The second-order valence-corrected chi connectivity index (χ2v) is 7.10. The van der Waals surface area contributed by atoms with E-state index in [0.717, 1.165) is 0 Å². The molecule has 9 heteroatoms. The van der Waals surface area contributed by atoms with Gasteiger partial charge in [-0.2, -0.15) is 12.6 Å². The van der Waals surface area contributed by atoms with Gasteiger partial charge in [0.05, 0.1) is 12.1 Å². The molecule has 4 atom stereocenters. The molecule has 8 nitrogen and oxygen atoms in total. The lowest BCUT2D eigenvalue weighted by molar-refractivity contribution is -0.150. The third-order valence-electron chi connectivity index (χ3n) is 4.85. The van der Waals surface area contributed by atoms with Crippen LogP contribution >= 0.6 is 12.6 Å². The summed E-state index contributed by atoms with van der Waals surface area (Å²) in [6, 6.07) is -2.53. The minimum absolute atomic E-state index is 0.107. The molecule has 0 saturated heterocycles. The third kappa shape index (κ3) is 5.70. The number of hydrogen-bond acceptors (Lipinski definition) is 6. The van der Waals surface area contributed by atoms with Gasteiger partial charge in [0.2, 0.25) is 17.7 Å². The van der Waals surface area contributed by atoms with Crippen LogP contribution < -0.4 is 0 Å². The number of amides is 3. The highest BCUT2D eigenvalue weighted by Crippen LogP contribution is 2.11. The van der Waals surface area contributed by atoms with Gasteiger partial charge in [0.25, 0.3) is 0 Å². The van der Waals surface area contributed by atoms with Crippen molar-refractivity contribution in [3.63, 3.8) is 0 Å². The monoisotopic (exact) mass is 388 g/mol. The molecule has 0 heterocycles. The van der Waals surface area contributed by atoms with Crippen molar-refractivity contribution in [3.05, 3.63) is 0 Å². The van der Waals surface area contributed by atoms with Crippen LogP contribution in [0.4, 0.5) is 0 Å². The minimum Gasteiger partial charge on any atom is -0.334 e. The summed E-state index contributed by atoms with van der Waals surface area (Å²) >= 11 is 4.18. The molecule has 0 radical (unpaired) electrons. The molecule has 3 amide bonds. The van der Waals surface area contributed by atoms with Crippen LogP contribution in [0, 0.1) is 0 Å². The number of carbonyl (C=O) groups is 4. The molecule has 0 aromatic carbocycles. The van der Waals surface area contributed by atoms with Gasteiger partial charge >= 0.3 is 0 Å². The zero-order valence-corrected chi connectivity index (χ0v) is 17.9. The van der Waals surface area contributed by atoms with Crippen molar-refractivity contribution >= 4 is 36.6 Å². The lowest BCUT2D eigenvalue weighted by atomic mass is 10.1. The van der Waals surface area contributed by atoms with E-state index < -0.39 is 18.1 Å². The zero-order chi connectivity index (χ0) is 20.8. The van der Waals surface area contributed by atoms with E-state index in [1.54, 1.807) is 46.8 Å². The van der Waals surface area contributed by atoms with Crippen molar-refractivity contribution in [2.75, 3.05) is 41.0 Å². The van der Waals surface area contributed by atoms with E-state index in [9.17, 15) is 19.2 Å². The maximum Gasteiger partial charge on any atom is 0.246 e. The first kappa shape index (κ1) is 24.4. The molecule has 0 aliphatic rings. The second kappa shape index (κ2) is 10.5. The number of hydrogen-bond donors (Lipinski definition) is 1. The van der Waals surface area contributed by atoms with Crippen LogP contribution in [-0.2, 0) is 19.2 Å². The molecular formula is C17H32N4O4S. The highest BCUT2D eigenvalue weighted by Gasteiger charge is 2.34. The van der Waals surface area contributed by atoms with E-state index >= 15 is 0 Å². The average molecular weight is 389 g/mol. The molecule has 0 aromatic heterocycles. The Morgan fingerprint density at radius 2 is 1.27 bits per heavy atom. The molecule has 0 aliphatic heterocycles.